The van der Waals surface area contributed by atoms with Gasteiger partial charge in [-0.1, -0.05) is 37.3 Å². The van der Waals surface area contributed by atoms with Crippen molar-refractivity contribution in [2.75, 3.05) is 0 Å². The Balaban J connectivity index is 2.24. The molecule has 5 nitrogen and oxygen atoms in total. The minimum Gasteiger partial charge on any atom is -0.303 e. The van der Waals surface area contributed by atoms with Gasteiger partial charge < -0.3 is 4.79 Å². The smallest absolute Gasteiger partial charge is 0.250 e. The van der Waals surface area contributed by atoms with Crippen molar-refractivity contribution >= 4 is 18.0 Å². The maximum absolute atomic E-state index is 11.5. The van der Waals surface area contributed by atoms with Crippen LogP contribution in [0.15, 0.2) is 30.3 Å². The van der Waals surface area contributed by atoms with Crippen molar-refractivity contribution in [3.63, 3.8) is 0 Å². The molecular formula is C14H17NO4. The van der Waals surface area contributed by atoms with Crippen molar-refractivity contribution in [2.24, 2.45) is 5.92 Å². The molecule has 0 aromatic heterocycles. The van der Waals surface area contributed by atoms with E-state index in [1.807, 2.05) is 30.3 Å². The molecule has 0 fully saturated rings. The van der Waals surface area contributed by atoms with Crippen LogP contribution in [0.25, 0.3) is 0 Å². The maximum atomic E-state index is 11.5. The van der Waals surface area contributed by atoms with Crippen molar-refractivity contribution < 1.29 is 19.2 Å². The molecule has 1 rings (SSSR count). The first-order chi connectivity index (χ1) is 9.13. The molecule has 1 aromatic rings. The zero-order valence-electron chi connectivity index (χ0n) is 10.8. The number of carbonyl (C=O) groups is 3. The van der Waals surface area contributed by atoms with Crippen LogP contribution in [0, 0.1) is 5.92 Å². The van der Waals surface area contributed by atoms with Crippen molar-refractivity contribution in [3.05, 3.63) is 35.9 Å². The average molecular weight is 263 g/mol. The van der Waals surface area contributed by atoms with Crippen molar-refractivity contribution in [1.82, 2.24) is 5.48 Å². The minimum absolute atomic E-state index is 0.136. The van der Waals surface area contributed by atoms with Crippen LogP contribution in [0.4, 0.5) is 0 Å². The highest BCUT2D eigenvalue weighted by molar-refractivity contribution is 5.99. The first-order valence-corrected chi connectivity index (χ1v) is 6.04. The number of aldehydes is 1. The van der Waals surface area contributed by atoms with E-state index in [4.69, 9.17) is 4.84 Å². The van der Waals surface area contributed by atoms with Gasteiger partial charge in [0, 0.05) is 12.3 Å². The summed E-state index contributed by atoms with van der Waals surface area (Å²) in [4.78, 5) is 38.2. The van der Waals surface area contributed by atoms with Crippen molar-refractivity contribution in [3.8, 4) is 0 Å². The van der Waals surface area contributed by atoms with E-state index >= 15 is 0 Å². The van der Waals surface area contributed by atoms with E-state index in [1.165, 1.54) is 0 Å². The highest BCUT2D eigenvalue weighted by Gasteiger charge is 2.16. The Bertz CT molecular complexity index is 430. The second-order valence-corrected chi connectivity index (χ2v) is 4.25. The zero-order valence-corrected chi connectivity index (χ0v) is 10.8. The monoisotopic (exact) mass is 263 g/mol. The van der Waals surface area contributed by atoms with Gasteiger partial charge in [-0.3, -0.25) is 14.4 Å². The second kappa shape index (κ2) is 8.16. The lowest BCUT2D eigenvalue weighted by molar-refractivity contribution is -0.139. The van der Waals surface area contributed by atoms with E-state index in [-0.39, 0.29) is 25.2 Å². The molecule has 0 aliphatic heterocycles. The Morgan fingerprint density at radius 3 is 2.63 bits per heavy atom. The molecule has 102 valence electrons. The molecule has 0 aliphatic carbocycles. The summed E-state index contributed by atoms with van der Waals surface area (Å²) in [6.45, 7) is 1.86. The Morgan fingerprint density at radius 1 is 1.32 bits per heavy atom. The number of ketones is 1. The fraction of sp³-hybridized carbons (Fsp3) is 0.357. The third kappa shape index (κ3) is 5.92. The van der Waals surface area contributed by atoms with Gasteiger partial charge in [-0.05, 0) is 5.56 Å². The average Bonchev–Trinajstić information content (AvgIpc) is 2.40. The van der Waals surface area contributed by atoms with Gasteiger partial charge in [0.2, 0.25) is 0 Å². The Morgan fingerprint density at radius 2 is 2.00 bits per heavy atom. The maximum Gasteiger partial charge on any atom is 0.250 e. The normalized spacial score (nSPS) is 11.6. The van der Waals surface area contributed by atoms with Gasteiger partial charge in [-0.15, -0.1) is 0 Å². The van der Waals surface area contributed by atoms with Crippen LogP contribution >= 0.6 is 0 Å². The second-order valence-electron chi connectivity index (χ2n) is 4.25. The number of benzene rings is 1. The molecule has 0 heterocycles. The molecular weight excluding hydrogens is 246 g/mol. The van der Waals surface area contributed by atoms with E-state index in [9.17, 15) is 14.4 Å². The van der Waals surface area contributed by atoms with E-state index in [2.05, 4.69) is 5.48 Å². The summed E-state index contributed by atoms with van der Waals surface area (Å²) >= 11 is 0. The summed E-state index contributed by atoms with van der Waals surface area (Å²) in [7, 11) is 0. The molecule has 0 saturated carbocycles. The van der Waals surface area contributed by atoms with Crippen LogP contribution in [0.1, 0.15) is 25.3 Å². The van der Waals surface area contributed by atoms with Gasteiger partial charge in [-0.2, -0.15) is 0 Å². The summed E-state index contributed by atoms with van der Waals surface area (Å²) in [5.41, 5.74) is 3.13. The van der Waals surface area contributed by atoms with Crippen molar-refractivity contribution in [2.45, 2.75) is 26.4 Å². The largest absolute Gasteiger partial charge is 0.303 e. The number of nitrogens with one attached hydrogen (secondary N) is 1. The lowest BCUT2D eigenvalue weighted by atomic mass is 10.0. The standard InChI is InChI=1S/C14H17NO4/c1-11(7-8-16)13(17)9-14(18)15-19-10-12-5-3-2-4-6-12/h2-6,8,11H,7,9-10H2,1H3,(H,15,18). The SMILES string of the molecule is CC(CC=O)C(=O)CC(=O)NOCc1ccccc1. The van der Waals surface area contributed by atoms with Crippen LogP contribution in [0.2, 0.25) is 0 Å². The third-order valence-corrected chi connectivity index (χ3v) is 2.60. The van der Waals surface area contributed by atoms with Crippen molar-refractivity contribution in [1.29, 1.82) is 0 Å². The molecule has 0 saturated heterocycles. The zero-order chi connectivity index (χ0) is 14.1. The number of Topliss-reactive ketones (excluding diaryl/α,β-unsaturated/α-hetero) is 1. The number of hydrogen-bond acceptors (Lipinski definition) is 4. The molecule has 1 unspecified atom stereocenters. The number of rotatable bonds is 8. The fourth-order valence-electron chi connectivity index (χ4n) is 1.42. The molecule has 19 heavy (non-hydrogen) atoms. The van der Waals surface area contributed by atoms with Crippen LogP contribution < -0.4 is 5.48 Å². The van der Waals surface area contributed by atoms with Crippen LogP contribution in [-0.4, -0.2) is 18.0 Å². The quantitative estimate of drug-likeness (QED) is 0.437. The lowest BCUT2D eigenvalue weighted by Gasteiger charge is -2.08. The van der Waals surface area contributed by atoms with Gasteiger partial charge in [-0.25, -0.2) is 5.48 Å². The molecule has 0 bridgehead atoms. The van der Waals surface area contributed by atoms with Crippen LogP contribution in [-0.2, 0) is 25.8 Å². The Labute approximate surface area is 111 Å². The molecule has 0 spiro atoms. The van der Waals surface area contributed by atoms with E-state index in [0.29, 0.717) is 6.29 Å². The molecule has 1 amide bonds. The number of hydroxylamine groups is 1. The summed E-state index contributed by atoms with van der Waals surface area (Å²) in [5, 5.41) is 0. The fourth-order valence-corrected chi connectivity index (χ4v) is 1.42. The van der Waals surface area contributed by atoms with Crippen LogP contribution in [0.5, 0.6) is 0 Å². The van der Waals surface area contributed by atoms with Gasteiger partial charge in [0.25, 0.3) is 5.91 Å². The summed E-state index contributed by atoms with van der Waals surface area (Å²) < 4.78 is 0. The topological polar surface area (TPSA) is 72.5 Å². The highest BCUT2D eigenvalue weighted by atomic mass is 16.6. The number of hydrogen-bond donors (Lipinski definition) is 1. The molecule has 1 atom stereocenters. The summed E-state index contributed by atoms with van der Waals surface area (Å²) in [6, 6.07) is 9.35. The highest BCUT2D eigenvalue weighted by Crippen LogP contribution is 2.04. The third-order valence-electron chi connectivity index (χ3n) is 2.60. The summed E-state index contributed by atoms with van der Waals surface area (Å²) in [5.74, 6) is -1.20. The minimum atomic E-state index is -0.501. The van der Waals surface area contributed by atoms with E-state index < -0.39 is 11.8 Å². The number of amides is 1. The molecule has 0 radical (unpaired) electrons. The van der Waals surface area contributed by atoms with Gasteiger partial charge in [0.05, 0.1) is 13.0 Å². The first kappa shape index (κ1) is 15.0. The predicted octanol–water partition coefficient (Wildman–Crippen LogP) is 1.42. The number of carbonyl (C=O) groups excluding carboxylic acids is 3. The molecule has 1 N–H and O–H groups in total. The Hall–Kier alpha value is -2.01. The first-order valence-electron chi connectivity index (χ1n) is 6.04. The van der Waals surface area contributed by atoms with Gasteiger partial charge >= 0.3 is 0 Å². The molecule has 1 aromatic carbocycles. The summed E-state index contributed by atoms with van der Waals surface area (Å²) in [6.07, 6.45) is 0.535. The lowest BCUT2D eigenvalue weighted by Crippen LogP contribution is -2.27. The van der Waals surface area contributed by atoms with E-state index in [1.54, 1.807) is 6.92 Å². The molecule has 0 aliphatic rings. The van der Waals surface area contributed by atoms with Gasteiger partial charge in [0.1, 0.15) is 12.1 Å². The Kier molecular flexibility index (Phi) is 6.46. The van der Waals surface area contributed by atoms with E-state index in [0.717, 1.165) is 5.56 Å². The molecule has 5 heteroatoms. The predicted molar refractivity (Wildman–Crippen MR) is 68.8 cm³/mol. The van der Waals surface area contributed by atoms with Gasteiger partial charge in [0.15, 0.2) is 0 Å². The van der Waals surface area contributed by atoms with Crippen LogP contribution in [0.3, 0.4) is 0 Å².